The van der Waals surface area contributed by atoms with Crippen LogP contribution in [0.15, 0.2) is 52.1 Å². The molecule has 0 unspecified atom stereocenters. The third-order valence-electron chi connectivity index (χ3n) is 6.58. The molecule has 3 aliphatic rings. The minimum atomic E-state index is -0.474. The van der Waals surface area contributed by atoms with E-state index in [0.717, 1.165) is 29.2 Å². The predicted octanol–water partition coefficient (Wildman–Crippen LogP) is 6.31. The fourth-order valence-corrected chi connectivity index (χ4v) is 5.99. The number of carbonyl (C=O) groups excluding carboxylic acids is 1. The Morgan fingerprint density at radius 3 is 2.71 bits per heavy atom. The molecule has 1 amide bonds. The number of aryl methyl sites for hydroxylation is 1. The van der Waals surface area contributed by atoms with Crippen LogP contribution in [0.5, 0.6) is 17.2 Å². The third kappa shape index (κ3) is 5.73. The Hall–Kier alpha value is -3.30. The maximum atomic E-state index is 12.9. The van der Waals surface area contributed by atoms with E-state index in [-0.39, 0.29) is 18.0 Å². The van der Waals surface area contributed by atoms with E-state index in [0.29, 0.717) is 39.8 Å². The fourth-order valence-electron chi connectivity index (χ4n) is 4.66. The van der Waals surface area contributed by atoms with Gasteiger partial charge in [0.1, 0.15) is 24.0 Å². The van der Waals surface area contributed by atoms with Gasteiger partial charge in [-0.15, -0.1) is 0 Å². The first-order chi connectivity index (χ1) is 18.4. The molecule has 1 aliphatic carbocycles. The second-order valence-corrected chi connectivity index (χ2v) is 10.7. The average molecular weight is 553 g/mol. The lowest BCUT2D eigenvalue weighted by Gasteiger charge is -2.20. The summed E-state index contributed by atoms with van der Waals surface area (Å²) in [6, 6.07) is 11.2. The number of hydrogen-bond donors (Lipinski definition) is 1. The van der Waals surface area contributed by atoms with Crippen molar-refractivity contribution in [1.29, 1.82) is 5.41 Å². The van der Waals surface area contributed by atoms with Crippen LogP contribution in [0.1, 0.15) is 43.2 Å². The highest BCUT2D eigenvalue weighted by Crippen LogP contribution is 2.39. The van der Waals surface area contributed by atoms with Gasteiger partial charge in [0, 0.05) is 5.92 Å². The molecule has 2 aromatic carbocycles. The number of aliphatic imine (C=N–C) groups is 1. The number of hydrazone groups is 1. The Kier molecular flexibility index (Phi) is 8.04. The van der Waals surface area contributed by atoms with Crippen molar-refractivity contribution in [2.24, 2.45) is 16.0 Å². The molecule has 8 nitrogen and oxygen atoms in total. The van der Waals surface area contributed by atoms with Gasteiger partial charge in [-0.25, -0.2) is 0 Å². The molecule has 2 heterocycles. The molecule has 0 spiro atoms. The number of hydrogen-bond acceptors (Lipinski definition) is 7. The minimum absolute atomic E-state index is 0.00187. The van der Waals surface area contributed by atoms with Gasteiger partial charge in [0.15, 0.2) is 17.3 Å². The Labute approximate surface area is 231 Å². The number of amidine groups is 2. The fraction of sp³-hybridized carbons (Fsp3) is 0.357. The number of amides is 1. The van der Waals surface area contributed by atoms with E-state index in [2.05, 4.69) is 10.1 Å². The van der Waals surface area contributed by atoms with Gasteiger partial charge in [0.2, 0.25) is 5.17 Å². The lowest BCUT2D eigenvalue weighted by molar-refractivity contribution is -0.114. The molecule has 10 heteroatoms. The second-order valence-electron chi connectivity index (χ2n) is 9.34. The monoisotopic (exact) mass is 552 g/mol. The quantitative estimate of drug-likeness (QED) is 0.304. The number of rotatable bonds is 8. The van der Waals surface area contributed by atoms with Crippen LogP contribution in [0.25, 0.3) is 6.08 Å². The maximum absolute atomic E-state index is 12.9. The topological polar surface area (TPSA) is 96.6 Å². The largest absolute Gasteiger partial charge is 0.493 e. The van der Waals surface area contributed by atoms with E-state index in [9.17, 15) is 4.79 Å². The highest BCUT2D eigenvalue weighted by Gasteiger charge is 2.38. The number of carbonyl (C=O) groups is 1. The molecule has 2 aromatic rings. The van der Waals surface area contributed by atoms with Crippen LogP contribution in [0.4, 0.5) is 0 Å². The lowest BCUT2D eigenvalue weighted by Crippen LogP contribution is -2.35. The first-order valence-corrected chi connectivity index (χ1v) is 13.8. The molecular formula is C28H29ClN4O4S. The molecule has 0 saturated heterocycles. The number of methoxy groups -OCH3 is 1. The number of fused-ring (bicyclic) bond motifs is 1. The van der Waals surface area contributed by atoms with Crippen molar-refractivity contribution in [3.8, 4) is 17.2 Å². The van der Waals surface area contributed by atoms with Crippen LogP contribution in [0, 0.1) is 18.3 Å². The zero-order chi connectivity index (χ0) is 26.6. The molecular weight excluding hydrogens is 524 g/mol. The summed E-state index contributed by atoms with van der Waals surface area (Å²) in [5, 5.41) is 16.5. The Morgan fingerprint density at radius 1 is 1.16 bits per heavy atom. The molecule has 0 aromatic heterocycles. The molecule has 5 rings (SSSR count). The van der Waals surface area contributed by atoms with Crippen LogP contribution < -0.4 is 14.2 Å². The van der Waals surface area contributed by atoms with E-state index < -0.39 is 5.91 Å². The number of halogens is 1. The van der Waals surface area contributed by atoms with Crippen molar-refractivity contribution in [1.82, 2.24) is 5.01 Å². The van der Waals surface area contributed by atoms with Gasteiger partial charge < -0.3 is 14.2 Å². The number of thioether (sulfide) groups is 1. The zero-order valence-electron chi connectivity index (χ0n) is 21.3. The van der Waals surface area contributed by atoms with E-state index in [1.807, 2.05) is 31.2 Å². The number of ether oxygens (including phenoxy) is 3. The van der Waals surface area contributed by atoms with Crippen LogP contribution in [-0.2, 0) is 4.79 Å². The molecule has 0 atom stereocenters. The van der Waals surface area contributed by atoms with Gasteiger partial charge in [-0.05, 0) is 73.0 Å². The normalized spacial score (nSPS) is 18.8. The molecule has 2 aliphatic heterocycles. The number of nitrogens with zero attached hydrogens (tertiary/aromatic N) is 3. The van der Waals surface area contributed by atoms with Gasteiger partial charge in [0.25, 0.3) is 5.91 Å². The number of nitrogens with one attached hydrogen (secondary N) is 1. The highest BCUT2D eigenvalue weighted by molar-refractivity contribution is 8.27. The van der Waals surface area contributed by atoms with Crippen LogP contribution in [0.2, 0.25) is 5.02 Å². The third-order valence-corrected chi connectivity index (χ3v) is 7.93. The molecule has 0 bridgehead atoms. The van der Waals surface area contributed by atoms with Gasteiger partial charge in [-0.3, -0.25) is 10.2 Å². The first kappa shape index (κ1) is 26.3. The summed E-state index contributed by atoms with van der Waals surface area (Å²) >= 11 is 7.94. The SMILES string of the molecule is COc1cc(/C=C2/C(=N)N3N=C(C4CCCCC4)SC3=NC2=O)cc(Cl)c1OCCOc1cccc(C)c1. The van der Waals surface area contributed by atoms with Crippen molar-refractivity contribution in [2.75, 3.05) is 20.3 Å². The maximum Gasteiger partial charge on any atom is 0.283 e. The van der Waals surface area contributed by atoms with Crippen LogP contribution in [-0.4, -0.2) is 47.3 Å². The van der Waals surface area contributed by atoms with Crippen molar-refractivity contribution in [2.45, 2.75) is 39.0 Å². The predicted molar refractivity (Wildman–Crippen MR) is 152 cm³/mol. The van der Waals surface area contributed by atoms with Gasteiger partial charge in [-0.1, -0.05) is 43.0 Å². The van der Waals surface area contributed by atoms with E-state index >= 15 is 0 Å². The summed E-state index contributed by atoms with van der Waals surface area (Å²) in [6.45, 7) is 2.60. The van der Waals surface area contributed by atoms with Gasteiger partial charge in [0.05, 0.1) is 17.7 Å². The van der Waals surface area contributed by atoms with Crippen molar-refractivity contribution >= 4 is 51.4 Å². The van der Waals surface area contributed by atoms with E-state index in [1.54, 1.807) is 18.2 Å². The standard InChI is InChI=1S/C28H29ClN4O4S/c1-17-7-6-10-20(13-17)36-11-12-37-24-22(29)15-18(16-23(24)35-2)14-21-25(30)33-28(31-26(21)34)38-27(32-33)19-8-4-3-5-9-19/h6-7,10,13-16,19,30H,3-5,8-9,11-12H2,1-2H3/b21-14-,30-25?. The first-order valence-electron chi connectivity index (χ1n) is 12.6. The molecule has 1 saturated carbocycles. The van der Waals surface area contributed by atoms with Gasteiger partial charge in [-0.2, -0.15) is 15.1 Å². The summed E-state index contributed by atoms with van der Waals surface area (Å²) in [5.74, 6) is 1.46. The van der Waals surface area contributed by atoms with Crippen LogP contribution in [0.3, 0.4) is 0 Å². The molecule has 198 valence electrons. The van der Waals surface area contributed by atoms with Gasteiger partial charge >= 0.3 is 0 Å². The van der Waals surface area contributed by atoms with Crippen molar-refractivity contribution < 1.29 is 19.0 Å². The Morgan fingerprint density at radius 2 is 1.95 bits per heavy atom. The smallest absolute Gasteiger partial charge is 0.283 e. The molecule has 38 heavy (non-hydrogen) atoms. The molecule has 1 N–H and O–H groups in total. The van der Waals surface area contributed by atoms with Crippen LogP contribution >= 0.6 is 23.4 Å². The molecule has 1 fully saturated rings. The summed E-state index contributed by atoms with van der Waals surface area (Å²) in [4.78, 5) is 17.1. The summed E-state index contributed by atoms with van der Waals surface area (Å²) in [6.07, 6.45) is 7.37. The number of benzene rings is 2. The van der Waals surface area contributed by atoms with E-state index in [4.69, 9.17) is 31.2 Å². The van der Waals surface area contributed by atoms with Crippen molar-refractivity contribution in [3.05, 3.63) is 58.1 Å². The summed E-state index contributed by atoms with van der Waals surface area (Å²) < 4.78 is 17.1. The van der Waals surface area contributed by atoms with E-state index in [1.165, 1.54) is 43.1 Å². The molecule has 0 radical (unpaired) electrons. The minimum Gasteiger partial charge on any atom is -0.493 e. The second kappa shape index (κ2) is 11.6. The summed E-state index contributed by atoms with van der Waals surface area (Å²) in [5.41, 5.74) is 1.84. The zero-order valence-corrected chi connectivity index (χ0v) is 22.9. The Balaban J connectivity index is 1.30. The highest BCUT2D eigenvalue weighted by atomic mass is 35.5. The van der Waals surface area contributed by atoms with Crippen molar-refractivity contribution in [3.63, 3.8) is 0 Å². The summed E-state index contributed by atoms with van der Waals surface area (Å²) in [7, 11) is 1.52. The Bertz CT molecular complexity index is 1350. The average Bonchev–Trinajstić information content (AvgIpc) is 3.34. The lowest BCUT2D eigenvalue weighted by atomic mass is 9.90.